The zero-order valence-corrected chi connectivity index (χ0v) is 26.9. The lowest BCUT2D eigenvalue weighted by atomic mass is 10.1. The molecule has 0 saturated carbocycles. The molecule has 12 heteroatoms. The molecule has 2 heterocycles. The van der Waals surface area contributed by atoms with Crippen molar-refractivity contribution in [1.82, 2.24) is 9.97 Å². The fraction of sp³-hybridized carbons (Fsp3) is 0.303. The molecule has 0 bridgehead atoms. The molecule has 5 rings (SSSR count). The van der Waals surface area contributed by atoms with Crippen LogP contribution in [0.4, 0.5) is 15.9 Å². The molecular weight excluding hydrogens is 603 g/mol. The number of methoxy groups -OCH3 is 5. The van der Waals surface area contributed by atoms with Crippen molar-refractivity contribution in [3.8, 4) is 34.4 Å². The molecule has 1 unspecified atom stereocenters. The first-order valence-corrected chi connectivity index (χ1v) is 14.4. The lowest BCUT2D eigenvalue weighted by molar-refractivity contribution is 0.0595. The van der Waals surface area contributed by atoms with Gasteiger partial charge in [0.15, 0.2) is 28.9 Å². The highest BCUT2D eigenvalue weighted by Gasteiger charge is 2.40. The first kappa shape index (κ1) is 31.6. The summed E-state index contributed by atoms with van der Waals surface area (Å²) < 4.78 is 42.8. The fourth-order valence-electron chi connectivity index (χ4n) is 5.44. The van der Waals surface area contributed by atoms with E-state index in [1.165, 1.54) is 26.4 Å². The number of ether oxygens (including phenoxy) is 5. The Bertz CT molecular complexity index is 1750. The lowest BCUT2D eigenvalue weighted by Crippen LogP contribution is -2.40. The zero-order chi connectivity index (χ0) is 32.4. The van der Waals surface area contributed by atoms with Gasteiger partial charge in [0.05, 0.1) is 52.7 Å². The first-order valence-electron chi connectivity index (χ1n) is 14.1. The maximum Gasteiger partial charge on any atom is 0.359 e. The topological polar surface area (TPSA) is 95.5 Å². The van der Waals surface area contributed by atoms with Crippen LogP contribution < -0.4 is 28.7 Å². The summed E-state index contributed by atoms with van der Waals surface area (Å²) in [6.45, 7) is 4.65. The van der Waals surface area contributed by atoms with Crippen LogP contribution in [-0.2, 0) is 17.8 Å². The molecule has 1 aliphatic heterocycles. The Kier molecular flexibility index (Phi) is 9.19. The second-order valence-corrected chi connectivity index (χ2v) is 10.8. The quantitative estimate of drug-likeness (QED) is 0.181. The average molecular weight is 637 g/mol. The highest BCUT2D eigenvalue weighted by atomic mass is 35.5. The van der Waals surface area contributed by atoms with Crippen molar-refractivity contribution in [3.05, 3.63) is 81.8 Å². The molecule has 3 aromatic carbocycles. The predicted octanol–water partition coefficient (Wildman–Crippen LogP) is 6.44. The number of fused-ring (bicyclic) bond motifs is 1. The molecular formula is C33H34ClFN4O6. The summed E-state index contributed by atoms with van der Waals surface area (Å²) in [6, 6.07) is 14.4. The molecule has 1 aliphatic rings. The Morgan fingerprint density at radius 1 is 0.867 bits per heavy atom. The molecule has 10 nitrogen and oxygen atoms in total. The number of hydrogen-bond acceptors (Lipinski definition) is 10. The average Bonchev–Trinajstić information content (AvgIpc) is 3.30. The minimum absolute atomic E-state index is 0.0139. The van der Waals surface area contributed by atoms with Crippen LogP contribution >= 0.6 is 11.6 Å². The number of aromatic nitrogens is 2. The van der Waals surface area contributed by atoms with Crippen LogP contribution in [0.3, 0.4) is 0 Å². The van der Waals surface area contributed by atoms with Crippen LogP contribution in [0.5, 0.6) is 23.0 Å². The van der Waals surface area contributed by atoms with Crippen molar-refractivity contribution in [3.63, 3.8) is 0 Å². The summed E-state index contributed by atoms with van der Waals surface area (Å²) in [4.78, 5) is 26.8. The SMILES string of the molecule is COC(=O)c1nc(-c2ccc(Cl)c(OC)c2F)nc2c1N(Cc1ccc(OC)cc1OC)C(C)N2Cc1ccc(C)cc1OC. The van der Waals surface area contributed by atoms with Crippen LogP contribution in [-0.4, -0.2) is 57.7 Å². The van der Waals surface area contributed by atoms with Gasteiger partial charge >= 0.3 is 5.97 Å². The number of rotatable bonds is 10. The highest BCUT2D eigenvalue weighted by molar-refractivity contribution is 6.32. The van der Waals surface area contributed by atoms with Gasteiger partial charge in [-0.15, -0.1) is 0 Å². The monoisotopic (exact) mass is 636 g/mol. The van der Waals surface area contributed by atoms with E-state index in [-0.39, 0.29) is 34.0 Å². The van der Waals surface area contributed by atoms with E-state index in [2.05, 4.69) is 4.98 Å². The Hall–Kier alpha value is -4.77. The molecule has 0 spiro atoms. The third kappa shape index (κ3) is 5.87. The Labute approximate surface area is 266 Å². The van der Waals surface area contributed by atoms with Crippen LogP contribution in [0.25, 0.3) is 11.4 Å². The standard InChI is InChI=1S/C33H34ClFN4O6/c1-18-8-9-20(25(14-18)42-4)17-39-19(2)38(16-21-10-11-22(41-3)15-26(21)43-5)29-28(33(40)45-7)36-31(37-32(29)39)23-12-13-24(34)30(44-6)27(23)35/h8-15,19H,16-17H2,1-7H3. The van der Waals surface area contributed by atoms with Crippen molar-refractivity contribution < 1.29 is 32.9 Å². The van der Waals surface area contributed by atoms with E-state index in [0.29, 0.717) is 41.8 Å². The summed E-state index contributed by atoms with van der Waals surface area (Å²) >= 11 is 6.17. The minimum atomic E-state index is -0.751. The molecule has 4 aromatic rings. The summed E-state index contributed by atoms with van der Waals surface area (Å²) in [6.07, 6.45) is -0.352. The highest BCUT2D eigenvalue weighted by Crippen LogP contribution is 2.45. The van der Waals surface area contributed by atoms with Crippen LogP contribution in [0.15, 0.2) is 48.5 Å². The van der Waals surface area contributed by atoms with E-state index in [0.717, 1.165) is 16.7 Å². The van der Waals surface area contributed by atoms with E-state index < -0.39 is 11.8 Å². The van der Waals surface area contributed by atoms with E-state index in [1.54, 1.807) is 27.4 Å². The maximum atomic E-state index is 15.7. The van der Waals surface area contributed by atoms with Crippen LogP contribution in [0, 0.1) is 12.7 Å². The van der Waals surface area contributed by atoms with E-state index in [4.69, 9.17) is 40.3 Å². The number of carbonyl (C=O) groups excluding carboxylic acids is 1. The molecule has 0 fully saturated rings. The zero-order valence-electron chi connectivity index (χ0n) is 26.1. The molecule has 1 atom stereocenters. The molecule has 0 aliphatic carbocycles. The normalized spacial score (nSPS) is 13.8. The van der Waals surface area contributed by atoms with Crippen molar-refractivity contribution in [1.29, 1.82) is 0 Å². The largest absolute Gasteiger partial charge is 0.497 e. The van der Waals surface area contributed by atoms with E-state index >= 15 is 4.39 Å². The molecule has 1 aromatic heterocycles. The summed E-state index contributed by atoms with van der Waals surface area (Å²) in [5.41, 5.74) is 3.19. The van der Waals surface area contributed by atoms with Crippen molar-refractivity contribution in [2.45, 2.75) is 33.1 Å². The second-order valence-electron chi connectivity index (χ2n) is 10.4. The van der Waals surface area contributed by atoms with E-state index in [9.17, 15) is 4.79 Å². The summed E-state index contributed by atoms with van der Waals surface area (Å²) in [7, 11) is 7.38. The number of halogens is 2. The minimum Gasteiger partial charge on any atom is -0.497 e. The molecule has 0 N–H and O–H groups in total. The van der Waals surface area contributed by atoms with Crippen LogP contribution in [0.2, 0.25) is 5.02 Å². The van der Waals surface area contributed by atoms with Gasteiger partial charge in [-0.05, 0) is 49.7 Å². The molecule has 0 amide bonds. The smallest absolute Gasteiger partial charge is 0.359 e. The predicted molar refractivity (Wildman–Crippen MR) is 169 cm³/mol. The van der Waals surface area contributed by atoms with Gasteiger partial charge < -0.3 is 33.5 Å². The fourth-order valence-corrected chi connectivity index (χ4v) is 5.66. The second kappa shape index (κ2) is 13.1. The number of hydrogen-bond donors (Lipinski definition) is 0. The van der Waals surface area contributed by atoms with Gasteiger partial charge in [0.25, 0.3) is 0 Å². The van der Waals surface area contributed by atoms with Gasteiger partial charge in [0.1, 0.15) is 29.1 Å². The van der Waals surface area contributed by atoms with Gasteiger partial charge in [-0.2, -0.15) is 0 Å². The Balaban J connectivity index is 1.73. The summed E-state index contributed by atoms with van der Waals surface area (Å²) in [5.74, 6) is 0.727. The van der Waals surface area contributed by atoms with Gasteiger partial charge in [-0.1, -0.05) is 23.7 Å². The summed E-state index contributed by atoms with van der Waals surface area (Å²) in [5, 5.41) is 0.0921. The Morgan fingerprint density at radius 2 is 1.53 bits per heavy atom. The number of benzene rings is 3. The number of carbonyl (C=O) groups is 1. The van der Waals surface area contributed by atoms with Crippen LogP contribution in [0.1, 0.15) is 34.1 Å². The van der Waals surface area contributed by atoms with E-state index in [1.807, 2.05) is 54.0 Å². The lowest BCUT2D eigenvalue weighted by Gasteiger charge is -2.30. The van der Waals surface area contributed by atoms with Gasteiger partial charge in [0.2, 0.25) is 0 Å². The molecule has 236 valence electrons. The first-order chi connectivity index (χ1) is 21.6. The maximum absolute atomic E-state index is 15.7. The van der Waals surface area contributed by atoms with Gasteiger partial charge in [-0.3, -0.25) is 0 Å². The number of aryl methyl sites for hydroxylation is 1. The van der Waals surface area contributed by atoms with Crippen molar-refractivity contribution >= 4 is 29.1 Å². The number of nitrogens with zero attached hydrogens (tertiary/aromatic N) is 4. The Morgan fingerprint density at radius 3 is 2.18 bits per heavy atom. The molecule has 0 saturated heterocycles. The van der Waals surface area contributed by atoms with Crippen molar-refractivity contribution in [2.75, 3.05) is 45.3 Å². The van der Waals surface area contributed by atoms with Gasteiger partial charge in [-0.25, -0.2) is 19.2 Å². The number of anilines is 2. The third-order valence-electron chi connectivity index (χ3n) is 7.82. The third-order valence-corrected chi connectivity index (χ3v) is 8.12. The van der Waals surface area contributed by atoms with Gasteiger partial charge in [0, 0.05) is 23.7 Å². The van der Waals surface area contributed by atoms with Crippen molar-refractivity contribution in [2.24, 2.45) is 0 Å². The molecule has 45 heavy (non-hydrogen) atoms. The number of esters is 1. The molecule has 0 radical (unpaired) electrons.